The molecular weight excluding hydrogens is 380 g/mol. The van der Waals surface area contributed by atoms with Crippen LogP contribution in [0.3, 0.4) is 0 Å². The number of hydrogen-bond acceptors (Lipinski definition) is 6. The summed E-state index contributed by atoms with van der Waals surface area (Å²) >= 11 is 1.41. The molecule has 0 aliphatic heterocycles. The summed E-state index contributed by atoms with van der Waals surface area (Å²) in [6.45, 7) is 5.54. The van der Waals surface area contributed by atoms with Gasteiger partial charge >= 0.3 is 0 Å². The molecule has 8 nitrogen and oxygen atoms in total. The lowest BCUT2D eigenvalue weighted by Gasteiger charge is -2.09. The lowest BCUT2D eigenvalue weighted by Crippen LogP contribution is -2.20. The van der Waals surface area contributed by atoms with Crippen LogP contribution in [0, 0.1) is 6.92 Å². The molecule has 0 unspecified atom stereocenters. The third-order valence-electron chi connectivity index (χ3n) is 4.38. The number of nitrogens with zero attached hydrogens (tertiary/aromatic N) is 4. The van der Waals surface area contributed by atoms with Crippen LogP contribution in [0.1, 0.15) is 23.1 Å². The first-order valence-electron chi connectivity index (χ1n) is 8.91. The molecule has 3 rings (SSSR count). The van der Waals surface area contributed by atoms with Gasteiger partial charge in [0.1, 0.15) is 0 Å². The first kappa shape index (κ1) is 20.1. The number of benzene rings is 1. The van der Waals surface area contributed by atoms with Crippen LogP contribution in [0.2, 0.25) is 0 Å². The molecule has 2 heterocycles. The van der Waals surface area contributed by atoms with Crippen molar-refractivity contribution in [3.63, 3.8) is 0 Å². The molecule has 0 fully saturated rings. The molecular formula is C19H24N4O4S. The number of fused-ring (bicyclic) bond motifs is 1. The fourth-order valence-corrected chi connectivity index (χ4v) is 3.87. The maximum atomic E-state index is 12.7. The lowest BCUT2D eigenvalue weighted by molar-refractivity contribution is 0.0991. The summed E-state index contributed by atoms with van der Waals surface area (Å²) in [6, 6.07) is 5.52. The number of thiazole rings is 1. The molecule has 1 aromatic carbocycles. The molecule has 0 atom stereocenters. The van der Waals surface area contributed by atoms with Crippen molar-refractivity contribution in [3.05, 3.63) is 34.4 Å². The number of ether oxygens (including phenoxy) is 3. The number of aromatic nitrogens is 3. The minimum Gasteiger partial charge on any atom is -0.493 e. The van der Waals surface area contributed by atoms with E-state index in [0.717, 1.165) is 15.9 Å². The second kappa shape index (κ2) is 8.57. The van der Waals surface area contributed by atoms with Crippen molar-refractivity contribution < 1.29 is 19.0 Å². The van der Waals surface area contributed by atoms with Crippen LogP contribution in [-0.4, -0.2) is 47.7 Å². The summed E-state index contributed by atoms with van der Waals surface area (Å²) in [4.78, 5) is 17.6. The summed E-state index contributed by atoms with van der Waals surface area (Å²) in [5.74, 6) is 0.877. The van der Waals surface area contributed by atoms with Gasteiger partial charge in [0, 0.05) is 38.0 Å². The molecule has 28 heavy (non-hydrogen) atoms. The molecule has 9 heteroatoms. The van der Waals surface area contributed by atoms with Gasteiger partial charge in [-0.3, -0.25) is 9.48 Å². The Morgan fingerprint density at radius 1 is 1.21 bits per heavy atom. The van der Waals surface area contributed by atoms with Gasteiger partial charge in [0.25, 0.3) is 5.91 Å². The predicted molar refractivity (Wildman–Crippen MR) is 107 cm³/mol. The molecule has 0 N–H and O–H groups in total. The standard InChI is InChI=1S/C19H24N4O4S/c1-6-27-8-7-23-14-10-15(25-4)16(26-5)11-17(14)28-19(23)20-18(24)13-9-12(2)22(3)21-13/h9-11H,6-8H2,1-5H3. The van der Waals surface area contributed by atoms with Crippen LogP contribution in [0.15, 0.2) is 23.2 Å². The van der Waals surface area contributed by atoms with E-state index in [1.54, 1.807) is 32.0 Å². The van der Waals surface area contributed by atoms with Crippen LogP contribution in [-0.2, 0) is 18.3 Å². The second-order valence-electron chi connectivity index (χ2n) is 6.12. The van der Waals surface area contributed by atoms with Gasteiger partial charge in [0.05, 0.1) is 31.0 Å². The van der Waals surface area contributed by atoms with Gasteiger partial charge in [-0.1, -0.05) is 11.3 Å². The number of methoxy groups -OCH3 is 2. The Morgan fingerprint density at radius 2 is 1.93 bits per heavy atom. The first-order valence-corrected chi connectivity index (χ1v) is 9.73. The molecule has 0 saturated heterocycles. The third kappa shape index (κ3) is 3.95. The number of hydrogen-bond donors (Lipinski definition) is 0. The van der Waals surface area contributed by atoms with Gasteiger partial charge in [-0.05, 0) is 19.9 Å². The number of carbonyl (C=O) groups excluding carboxylic acids is 1. The van der Waals surface area contributed by atoms with Crippen LogP contribution in [0.4, 0.5) is 0 Å². The summed E-state index contributed by atoms with van der Waals surface area (Å²) < 4.78 is 20.9. The number of rotatable bonds is 7. The van der Waals surface area contributed by atoms with Crippen LogP contribution < -0.4 is 14.3 Å². The van der Waals surface area contributed by atoms with Gasteiger partial charge in [0.15, 0.2) is 22.0 Å². The third-order valence-corrected chi connectivity index (χ3v) is 5.42. The molecule has 1 amide bonds. The predicted octanol–water partition coefficient (Wildman–Crippen LogP) is 2.54. The number of aryl methyl sites for hydroxylation is 2. The van der Waals surface area contributed by atoms with E-state index in [1.165, 1.54) is 11.3 Å². The van der Waals surface area contributed by atoms with Crippen molar-refractivity contribution in [1.82, 2.24) is 14.3 Å². The van der Waals surface area contributed by atoms with Crippen LogP contribution in [0.5, 0.6) is 11.5 Å². The SMILES string of the molecule is CCOCCn1c(=NC(=O)c2cc(C)n(C)n2)sc2cc(OC)c(OC)cc21. The molecule has 3 aromatic rings. The minimum atomic E-state index is -0.376. The first-order chi connectivity index (χ1) is 13.5. The lowest BCUT2D eigenvalue weighted by atomic mass is 10.3. The van der Waals surface area contributed by atoms with Gasteiger partial charge in [-0.25, -0.2) is 0 Å². The zero-order valence-corrected chi connectivity index (χ0v) is 17.5. The minimum absolute atomic E-state index is 0.323. The van der Waals surface area contributed by atoms with E-state index >= 15 is 0 Å². The average Bonchev–Trinajstić information content (AvgIpc) is 3.20. The van der Waals surface area contributed by atoms with Gasteiger partial charge in [0.2, 0.25) is 0 Å². The maximum absolute atomic E-state index is 12.7. The number of carbonyl (C=O) groups is 1. The number of amides is 1. The highest BCUT2D eigenvalue weighted by Gasteiger charge is 2.15. The van der Waals surface area contributed by atoms with E-state index in [2.05, 4.69) is 10.1 Å². The largest absolute Gasteiger partial charge is 0.493 e. The summed E-state index contributed by atoms with van der Waals surface area (Å²) in [7, 11) is 4.99. The van der Waals surface area contributed by atoms with Crippen molar-refractivity contribution in [2.24, 2.45) is 12.0 Å². The summed E-state index contributed by atoms with van der Waals surface area (Å²) in [6.07, 6.45) is 0. The van der Waals surface area contributed by atoms with Crippen molar-refractivity contribution in [1.29, 1.82) is 0 Å². The molecule has 0 saturated carbocycles. The Hall–Kier alpha value is -2.65. The summed E-state index contributed by atoms with van der Waals surface area (Å²) in [5, 5.41) is 4.22. The van der Waals surface area contributed by atoms with Crippen molar-refractivity contribution >= 4 is 27.5 Å². The normalized spacial score (nSPS) is 12.0. The zero-order chi connectivity index (χ0) is 20.3. The van der Waals surface area contributed by atoms with E-state index in [4.69, 9.17) is 14.2 Å². The topological polar surface area (TPSA) is 79.9 Å². The highest BCUT2D eigenvalue weighted by atomic mass is 32.1. The van der Waals surface area contributed by atoms with Crippen LogP contribution >= 0.6 is 11.3 Å². The van der Waals surface area contributed by atoms with Gasteiger partial charge < -0.3 is 18.8 Å². The van der Waals surface area contributed by atoms with Crippen LogP contribution in [0.25, 0.3) is 10.2 Å². The fraction of sp³-hybridized carbons (Fsp3) is 0.421. The molecule has 0 spiro atoms. The van der Waals surface area contributed by atoms with Gasteiger partial charge in [-0.15, -0.1) is 0 Å². The zero-order valence-electron chi connectivity index (χ0n) is 16.7. The second-order valence-corrected chi connectivity index (χ2v) is 7.13. The molecule has 0 aliphatic carbocycles. The van der Waals surface area contributed by atoms with E-state index in [9.17, 15) is 4.79 Å². The smallest absolute Gasteiger partial charge is 0.300 e. The molecule has 0 radical (unpaired) electrons. The Bertz CT molecular complexity index is 1040. The van der Waals surface area contributed by atoms with E-state index in [1.807, 2.05) is 30.5 Å². The van der Waals surface area contributed by atoms with Gasteiger partial charge in [-0.2, -0.15) is 10.1 Å². The van der Waals surface area contributed by atoms with Crippen molar-refractivity contribution in [3.8, 4) is 11.5 Å². The molecule has 0 aliphatic rings. The Labute approximate surface area is 167 Å². The highest BCUT2D eigenvalue weighted by Crippen LogP contribution is 2.33. The van der Waals surface area contributed by atoms with E-state index in [0.29, 0.717) is 41.8 Å². The fourth-order valence-electron chi connectivity index (χ4n) is 2.81. The van der Waals surface area contributed by atoms with E-state index in [-0.39, 0.29) is 5.91 Å². The van der Waals surface area contributed by atoms with E-state index < -0.39 is 0 Å². The Balaban J connectivity index is 2.13. The summed E-state index contributed by atoms with van der Waals surface area (Å²) in [5.41, 5.74) is 2.13. The maximum Gasteiger partial charge on any atom is 0.300 e. The van der Waals surface area contributed by atoms with Crippen molar-refractivity contribution in [2.75, 3.05) is 27.4 Å². The molecule has 150 valence electrons. The molecule has 2 aromatic heterocycles. The monoisotopic (exact) mass is 404 g/mol. The Kier molecular flexibility index (Phi) is 6.15. The Morgan fingerprint density at radius 3 is 2.54 bits per heavy atom. The molecule has 0 bridgehead atoms. The highest BCUT2D eigenvalue weighted by molar-refractivity contribution is 7.16. The quantitative estimate of drug-likeness (QED) is 0.566. The van der Waals surface area contributed by atoms with Crippen molar-refractivity contribution in [2.45, 2.75) is 20.4 Å². The average molecular weight is 404 g/mol.